The molecule has 0 atom stereocenters. The molecule has 0 saturated carbocycles. The molecule has 0 unspecified atom stereocenters. The summed E-state index contributed by atoms with van der Waals surface area (Å²) < 4.78 is 0. The molecule has 0 spiro atoms. The molecule has 0 bridgehead atoms. The van der Waals surface area contributed by atoms with E-state index in [1.165, 1.54) is 19.2 Å². The van der Waals surface area contributed by atoms with E-state index in [4.69, 9.17) is 0 Å². The molecule has 0 aliphatic rings. The van der Waals surface area contributed by atoms with Crippen molar-refractivity contribution in [2.24, 2.45) is 0 Å². The maximum Gasteiger partial charge on any atom is 0.293 e. The first-order valence-corrected chi connectivity index (χ1v) is 6.25. The number of hydrogen-bond donors (Lipinski definition) is 2. The highest BCUT2D eigenvalue weighted by Crippen LogP contribution is 2.26. The van der Waals surface area contributed by atoms with E-state index in [0.717, 1.165) is 5.56 Å². The molecule has 2 N–H and O–H groups in total. The van der Waals surface area contributed by atoms with Crippen LogP contribution < -0.4 is 10.6 Å². The summed E-state index contributed by atoms with van der Waals surface area (Å²) in [5, 5.41) is 16.5. The minimum atomic E-state index is -0.513. The van der Waals surface area contributed by atoms with Gasteiger partial charge in [-0.3, -0.25) is 19.9 Å². The zero-order valence-electron chi connectivity index (χ0n) is 11.4. The van der Waals surface area contributed by atoms with E-state index < -0.39 is 4.92 Å². The van der Waals surface area contributed by atoms with Crippen molar-refractivity contribution in [2.75, 3.05) is 12.4 Å². The molecule has 7 nitrogen and oxygen atoms in total. The topological polar surface area (TPSA) is 97.2 Å². The van der Waals surface area contributed by atoms with Gasteiger partial charge in [0.05, 0.1) is 4.92 Å². The van der Waals surface area contributed by atoms with Crippen molar-refractivity contribution in [3.8, 4) is 0 Å². The summed E-state index contributed by atoms with van der Waals surface area (Å²) >= 11 is 0. The second-order valence-electron chi connectivity index (χ2n) is 4.28. The van der Waals surface area contributed by atoms with E-state index in [2.05, 4.69) is 15.6 Å². The molecule has 0 aliphatic carbocycles. The molecule has 0 fully saturated rings. The molecule has 1 heterocycles. The van der Waals surface area contributed by atoms with Crippen molar-refractivity contribution in [1.82, 2.24) is 10.3 Å². The van der Waals surface area contributed by atoms with Crippen LogP contribution in [0.2, 0.25) is 0 Å². The molecule has 1 amide bonds. The number of nitro benzene ring substituents is 1. The van der Waals surface area contributed by atoms with E-state index >= 15 is 0 Å². The largest absolute Gasteiger partial charge is 0.375 e. The molecule has 7 heteroatoms. The third-order valence-corrected chi connectivity index (χ3v) is 2.92. The Morgan fingerprint density at radius 1 is 1.29 bits per heavy atom. The van der Waals surface area contributed by atoms with Crippen LogP contribution in [-0.4, -0.2) is 22.9 Å². The van der Waals surface area contributed by atoms with Crippen LogP contribution in [0.1, 0.15) is 15.9 Å². The summed E-state index contributed by atoms with van der Waals surface area (Å²) in [6, 6.07) is 7.97. The van der Waals surface area contributed by atoms with Crippen LogP contribution >= 0.6 is 0 Å². The molecule has 1 aromatic heterocycles. The number of pyridine rings is 1. The second-order valence-corrected chi connectivity index (χ2v) is 4.28. The van der Waals surface area contributed by atoms with E-state index in [9.17, 15) is 14.9 Å². The SMILES string of the molecule is CNC(=O)c1ccc(NCc2ccncc2)c([N+](=O)[O-])c1. The summed E-state index contributed by atoms with van der Waals surface area (Å²) in [6.45, 7) is 0.433. The minimum absolute atomic E-state index is 0.134. The number of aromatic nitrogens is 1. The monoisotopic (exact) mass is 286 g/mol. The summed E-state index contributed by atoms with van der Waals surface area (Å²) in [4.78, 5) is 26.0. The average Bonchev–Trinajstić information content (AvgIpc) is 2.52. The lowest BCUT2D eigenvalue weighted by Gasteiger charge is -2.08. The number of anilines is 1. The molecule has 0 aliphatic heterocycles. The Balaban J connectivity index is 2.22. The van der Waals surface area contributed by atoms with Crippen LogP contribution in [0.25, 0.3) is 0 Å². The highest BCUT2D eigenvalue weighted by molar-refractivity contribution is 5.95. The van der Waals surface area contributed by atoms with Gasteiger partial charge < -0.3 is 10.6 Å². The fourth-order valence-electron chi connectivity index (χ4n) is 1.82. The summed E-state index contributed by atoms with van der Waals surface area (Å²) in [7, 11) is 1.48. The van der Waals surface area contributed by atoms with Crippen molar-refractivity contribution >= 4 is 17.3 Å². The Kier molecular flexibility index (Phi) is 4.45. The van der Waals surface area contributed by atoms with Crippen molar-refractivity contribution in [3.05, 3.63) is 64.0 Å². The summed E-state index contributed by atoms with van der Waals surface area (Å²) in [5.41, 5.74) is 1.43. The smallest absolute Gasteiger partial charge is 0.293 e. The minimum Gasteiger partial charge on any atom is -0.375 e. The fraction of sp³-hybridized carbons (Fsp3) is 0.143. The number of amides is 1. The van der Waals surface area contributed by atoms with Gasteiger partial charge in [0, 0.05) is 37.6 Å². The molecule has 21 heavy (non-hydrogen) atoms. The molecule has 0 radical (unpaired) electrons. The number of carbonyl (C=O) groups is 1. The maximum absolute atomic E-state index is 11.5. The average molecular weight is 286 g/mol. The van der Waals surface area contributed by atoms with Crippen LogP contribution in [0.3, 0.4) is 0 Å². The Morgan fingerprint density at radius 2 is 2.00 bits per heavy atom. The van der Waals surface area contributed by atoms with Crippen LogP contribution in [0.15, 0.2) is 42.7 Å². The molecule has 108 valence electrons. The van der Waals surface area contributed by atoms with Gasteiger partial charge in [-0.05, 0) is 29.8 Å². The Morgan fingerprint density at radius 3 is 2.62 bits per heavy atom. The molecule has 2 rings (SSSR count). The van der Waals surface area contributed by atoms with Gasteiger partial charge in [0.15, 0.2) is 0 Å². The second kappa shape index (κ2) is 6.47. The molecular formula is C14H14N4O3. The van der Waals surface area contributed by atoms with E-state index in [-0.39, 0.29) is 17.2 Å². The van der Waals surface area contributed by atoms with Crippen LogP contribution in [0.5, 0.6) is 0 Å². The Bertz CT molecular complexity index is 659. The lowest BCUT2D eigenvalue weighted by molar-refractivity contribution is -0.384. The number of rotatable bonds is 5. The van der Waals surface area contributed by atoms with Gasteiger partial charge in [-0.15, -0.1) is 0 Å². The quantitative estimate of drug-likeness (QED) is 0.647. The van der Waals surface area contributed by atoms with Gasteiger partial charge in [0.2, 0.25) is 0 Å². The van der Waals surface area contributed by atoms with E-state index in [1.54, 1.807) is 18.5 Å². The zero-order chi connectivity index (χ0) is 15.2. The van der Waals surface area contributed by atoms with E-state index in [1.807, 2.05) is 12.1 Å². The maximum atomic E-state index is 11.5. The van der Waals surface area contributed by atoms with Crippen molar-refractivity contribution in [1.29, 1.82) is 0 Å². The standard InChI is InChI=1S/C14H14N4O3/c1-15-14(19)11-2-3-12(13(8-11)18(20)21)17-9-10-4-6-16-7-5-10/h2-8,17H,9H2,1H3,(H,15,19). The molecule has 1 aromatic carbocycles. The number of benzene rings is 1. The number of carbonyl (C=O) groups excluding carboxylic acids is 1. The van der Waals surface area contributed by atoms with Crippen molar-refractivity contribution in [3.63, 3.8) is 0 Å². The first-order valence-electron chi connectivity index (χ1n) is 6.25. The summed E-state index contributed by atoms with van der Waals surface area (Å²) in [6.07, 6.45) is 3.31. The predicted octanol–water partition coefficient (Wildman–Crippen LogP) is 1.96. The normalized spacial score (nSPS) is 9.95. The van der Waals surface area contributed by atoms with Crippen LogP contribution in [0, 0.1) is 10.1 Å². The zero-order valence-corrected chi connectivity index (χ0v) is 11.4. The van der Waals surface area contributed by atoms with Crippen molar-refractivity contribution in [2.45, 2.75) is 6.54 Å². The Labute approximate surface area is 121 Å². The van der Waals surface area contributed by atoms with Gasteiger partial charge >= 0.3 is 0 Å². The number of nitro groups is 1. The fourth-order valence-corrected chi connectivity index (χ4v) is 1.82. The molecule has 0 saturated heterocycles. The van der Waals surface area contributed by atoms with E-state index in [0.29, 0.717) is 12.2 Å². The van der Waals surface area contributed by atoms with Crippen LogP contribution in [0.4, 0.5) is 11.4 Å². The third kappa shape index (κ3) is 3.53. The highest BCUT2D eigenvalue weighted by Gasteiger charge is 2.16. The van der Waals surface area contributed by atoms with Gasteiger partial charge in [0.25, 0.3) is 11.6 Å². The van der Waals surface area contributed by atoms with Gasteiger partial charge in [-0.25, -0.2) is 0 Å². The third-order valence-electron chi connectivity index (χ3n) is 2.92. The van der Waals surface area contributed by atoms with Gasteiger partial charge in [-0.1, -0.05) is 0 Å². The molecular weight excluding hydrogens is 272 g/mol. The number of nitrogens with one attached hydrogen (secondary N) is 2. The number of nitrogens with zero attached hydrogens (tertiary/aromatic N) is 2. The summed E-state index contributed by atoms with van der Waals surface area (Å²) in [5.74, 6) is -0.362. The lowest BCUT2D eigenvalue weighted by Crippen LogP contribution is -2.18. The van der Waals surface area contributed by atoms with Crippen molar-refractivity contribution < 1.29 is 9.72 Å². The van der Waals surface area contributed by atoms with Gasteiger partial charge in [-0.2, -0.15) is 0 Å². The number of hydrogen-bond acceptors (Lipinski definition) is 5. The first-order chi connectivity index (χ1) is 10.1. The van der Waals surface area contributed by atoms with Gasteiger partial charge in [0.1, 0.15) is 5.69 Å². The predicted molar refractivity (Wildman–Crippen MR) is 78.1 cm³/mol. The Hall–Kier alpha value is -2.96. The molecule has 2 aromatic rings. The highest BCUT2D eigenvalue weighted by atomic mass is 16.6. The lowest BCUT2D eigenvalue weighted by atomic mass is 10.1. The van der Waals surface area contributed by atoms with Crippen LogP contribution in [-0.2, 0) is 6.54 Å². The first kappa shape index (κ1) is 14.4.